The maximum atomic E-state index is 15.0. The predicted molar refractivity (Wildman–Crippen MR) is 132 cm³/mol. The Kier molecular flexibility index (Phi) is 5.06. The number of aliphatic hydroxyl groups is 2. The topological polar surface area (TPSA) is 131 Å². The number of amides is 1. The summed E-state index contributed by atoms with van der Waals surface area (Å²) in [5, 5.41) is 24.2. The summed E-state index contributed by atoms with van der Waals surface area (Å²) in [5.41, 5.74) is 2.49. The van der Waals surface area contributed by atoms with Crippen molar-refractivity contribution in [2.45, 2.75) is 63.8 Å². The molecule has 1 saturated carbocycles. The summed E-state index contributed by atoms with van der Waals surface area (Å²) in [6.45, 7) is -0.637. The molecule has 2 aliphatic carbocycles. The quantitative estimate of drug-likeness (QED) is 0.342. The number of hydrogen-bond acceptors (Lipinski definition) is 7. The van der Waals surface area contributed by atoms with Gasteiger partial charge in [0.25, 0.3) is 5.56 Å². The van der Waals surface area contributed by atoms with Gasteiger partial charge in [0.15, 0.2) is 5.60 Å². The van der Waals surface area contributed by atoms with Crippen molar-refractivity contribution in [2.75, 3.05) is 6.61 Å². The first-order valence-corrected chi connectivity index (χ1v) is 13.0. The van der Waals surface area contributed by atoms with Crippen LogP contribution in [0.25, 0.3) is 22.3 Å². The molecule has 38 heavy (non-hydrogen) atoms. The van der Waals surface area contributed by atoms with Crippen LogP contribution in [0.2, 0.25) is 0 Å². The number of aryl methyl sites for hydroxylation is 1. The van der Waals surface area contributed by atoms with Gasteiger partial charge in [-0.15, -0.1) is 0 Å². The summed E-state index contributed by atoms with van der Waals surface area (Å²) in [6, 6.07) is 3.06. The first kappa shape index (κ1) is 23.5. The lowest BCUT2D eigenvalue weighted by molar-refractivity contribution is -0.173. The molecule has 2 aliphatic heterocycles. The van der Waals surface area contributed by atoms with Gasteiger partial charge in [0, 0.05) is 29.1 Å². The van der Waals surface area contributed by atoms with Crippen molar-refractivity contribution >= 4 is 22.8 Å². The van der Waals surface area contributed by atoms with Crippen molar-refractivity contribution in [1.29, 1.82) is 0 Å². The van der Waals surface area contributed by atoms with Gasteiger partial charge in [0.05, 0.1) is 29.0 Å². The Balaban J connectivity index is 1.47. The zero-order chi connectivity index (χ0) is 26.3. The second kappa shape index (κ2) is 8.18. The van der Waals surface area contributed by atoms with Gasteiger partial charge in [-0.2, -0.15) is 0 Å². The summed E-state index contributed by atoms with van der Waals surface area (Å²) in [7, 11) is 0. The minimum Gasteiger partial charge on any atom is -0.458 e. The van der Waals surface area contributed by atoms with Crippen molar-refractivity contribution in [3.05, 3.63) is 61.7 Å². The van der Waals surface area contributed by atoms with E-state index in [4.69, 9.17) is 9.72 Å². The summed E-state index contributed by atoms with van der Waals surface area (Å²) in [5.74, 6) is -1.44. The maximum absolute atomic E-state index is 15.0. The SMILES string of the molecule is O=C(CO)NCc1c2c(nc3cc(F)c4c(c13)CCC4)-c1cc3c(c(=O)n1C2)COC(=O)[C@]3(O)CC1CC1. The fraction of sp³-hybridized carbons (Fsp3) is 0.429. The highest BCUT2D eigenvalue weighted by Gasteiger charge is 2.49. The molecular weight excluding hydrogens is 493 g/mol. The number of aromatic nitrogens is 2. The highest BCUT2D eigenvalue weighted by Crippen LogP contribution is 2.46. The fourth-order valence-electron chi connectivity index (χ4n) is 6.45. The Labute approximate surface area is 216 Å². The molecule has 1 fully saturated rings. The smallest absolute Gasteiger partial charge is 0.343 e. The lowest BCUT2D eigenvalue weighted by Crippen LogP contribution is -2.45. The van der Waals surface area contributed by atoms with Crippen LogP contribution in [0, 0.1) is 11.7 Å². The molecule has 4 aliphatic rings. The molecule has 3 N–H and O–H groups in total. The van der Waals surface area contributed by atoms with Crippen molar-refractivity contribution in [2.24, 2.45) is 5.92 Å². The number of aliphatic hydroxyl groups excluding tert-OH is 1. The second-order valence-corrected chi connectivity index (χ2v) is 10.8. The van der Waals surface area contributed by atoms with Crippen molar-refractivity contribution in [1.82, 2.24) is 14.9 Å². The van der Waals surface area contributed by atoms with E-state index in [1.807, 2.05) is 0 Å². The molecule has 196 valence electrons. The van der Waals surface area contributed by atoms with Crippen LogP contribution >= 0.6 is 0 Å². The van der Waals surface area contributed by atoms with Crippen molar-refractivity contribution < 1.29 is 28.9 Å². The van der Waals surface area contributed by atoms with Crippen LogP contribution in [0.3, 0.4) is 0 Å². The standard InChI is InChI=1S/C28H26FN3O6/c29-20-7-21-24(15-3-1-2-14(15)20)16(9-30-23(34)11-33)17-10-32-22(25(17)31-21)6-19-18(26(32)35)12-38-27(36)28(19,37)8-13-4-5-13/h6-7,13,33,37H,1-5,8-12H2,(H,30,34)/t28-/m0/s1. The van der Waals surface area contributed by atoms with Crippen LogP contribution < -0.4 is 10.9 Å². The average molecular weight is 520 g/mol. The number of hydrogen-bond donors (Lipinski definition) is 3. The van der Waals surface area contributed by atoms with Crippen LogP contribution in [0.5, 0.6) is 0 Å². The number of carbonyl (C=O) groups is 2. The number of carbonyl (C=O) groups excluding carboxylic acids is 2. The molecular formula is C28H26FN3O6. The molecule has 0 spiro atoms. The van der Waals surface area contributed by atoms with E-state index in [9.17, 15) is 24.6 Å². The van der Waals surface area contributed by atoms with Crippen LogP contribution in [-0.4, -0.2) is 38.2 Å². The largest absolute Gasteiger partial charge is 0.458 e. The van der Waals surface area contributed by atoms with Gasteiger partial charge in [0.2, 0.25) is 5.91 Å². The Hall–Kier alpha value is -3.63. The third kappa shape index (κ3) is 3.29. The molecule has 3 aromatic rings. The van der Waals surface area contributed by atoms with E-state index in [2.05, 4.69) is 5.32 Å². The average Bonchev–Trinajstić information content (AvgIpc) is 3.42. The molecule has 0 radical (unpaired) electrons. The van der Waals surface area contributed by atoms with Crippen LogP contribution in [-0.2, 0) is 52.5 Å². The first-order valence-electron chi connectivity index (χ1n) is 13.0. The van der Waals surface area contributed by atoms with E-state index in [0.717, 1.165) is 35.8 Å². The van der Waals surface area contributed by atoms with Gasteiger partial charge >= 0.3 is 5.97 Å². The van der Waals surface area contributed by atoms with Crippen molar-refractivity contribution in [3.63, 3.8) is 0 Å². The molecule has 4 heterocycles. The van der Waals surface area contributed by atoms with E-state index in [1.165, 1.54) is 6.07 Å². The highest BCUT2D eigenvalue weighted by atomic mass is 19.1. The molecule has 0 bridgehead atoms. The molecule has 9 nitrogen and oxygen atoms in total. The minimum absolute atomic E-state index is 0.0779. The molecule has 10 heteroatoms. The minimum atomic E-state index is -1.91. The Morgan fingerprint density at radius 1 is 1.18 bits per heavy atom. The number of nitrogens with zero attached hydrogens (tertiary/aromatic N) is 2. The normalized spacial score (nSPS) is 21.1. The van der Waals surface area contributed by atoms with Gasteiger partial charge in [-0.05, 0) is 54.4 Å². The summed E-state index contributed by atoms with van der Waals surface area (Å²) < 4.78 is 21.9. The van der Waals surface area contributed by atoms with Crippen LogP contribution in [0.4, 0.5) is 4.39 Å². The van der Waals surface area contributed by atoms with E-state index in [1.54, 1.807) is 10.6 Å². The monoisotopic (exact) mass is 519 g/mol. The Morgan fingerprint density at radius 3 is 2.74 bits per heavy atom. The molecule has 1 aromatic carbocycles. The zero-order valence-corrected chi connectivity index (χ0v) is 20.6. The number of esters is 1. The van der Waals surface area contributed by atoms with Gasteiger partial charge in [-0.25, -0.2) is 14.2 Å². The summed E-state index contributed by atoms with van der Waals surface area (Å²) >= 11 is 0. The zero-order valence-electron chi connectivity index (χ0n) is 20.6. The molecule has 0 unspecified atom stereocenters. The summed E-state index contributed by atoms with van der Waals surface area (Å²) in [6.07, 6.45) is 4.12. The molecule has 7 rings (SSSR count). The van der Waals surface area contributed by atoms with Gasteiger partial charge < -0.3 is 24.8 Å². The van der Waals surface area contributed by atoms with E-state index in [0.29, 0.717) is 40.9 Å². The number of fused-ring (bicyclic) bond motifs is 7. The molecule has 1 amide bonds. The maximum Gasteiger partial charge on any atom is 0.343 e. The third-order valence-corrected chi connectivity index (χ3v) is 8.49. The number of halogens is 1. The lowest BCUT2D eigenvalue weighted by atomic mass is 9.84. The number of cyclic esters (lactones) is 1. The predicted octanol–water partition coefficient (Wildman–Crippen LogP) is 1.71. The molecule has 2 aromatic heterocycles. The number of benzene rings is 1. The lowest BCUT2D eigenvalue weighted by Gasteiger charge is -2.32. The molecule has 0 saturated heterocycles. The number of pyridine rings is 2. The Morgan fingerprint density at radius 2 is 1.97 bits per heavy atom. The van der Waals surface area contributed by atoms with Gasteiger partial charge in [-0.1, -0.05) is 12.8 Å². The molecule has 1 atom stereocenters. The van der Waals surface area contributed by atoms with Crippen molar-refractivity contribution in [3.8, 4) is 11.4 Å². The fourth-order valence-corrected chi connectivity index (χ4v) is 6.45. The Bertz CT molecular complexity index is 1640. The second-order valence-electron chi connectivity index (χ2n) is 10.8. The van der Waals surface area contributed by atoms with Gasteiger partial charge in [0.1, 0.15) is 19.0 Å². The van der Waals surface area contributed by atoms with E-state index in [-0.39, 0.29) is 54.5 Å². The number of nitrogens with one attached hydrogen (secondary N) is 1. The number of ether oxygens (including phenoxy) is 1. The number of rotatable bonds is 5. The third-order valence-electron chi connectivity index (χ3n) is 8.49. The first-order chi connectivity index (χ1) is 18.3. The van der Waals surface area contributed by atoms with E-state index >= 15 is 4.39 Å². The van der Waals surface area contributed by atoms with Gasteiger partial charge in [-0.3, -0.25) is 9.59 Å². The summed E-state index contributed by atoms with van der Waals surface area (Å²) in [4.78, 5) is 43.2. The van der Waals surface area contributed by atoms with Crippen LogP contribution in [0.1, 0.15) is 59.1 Å². The van der Waals surface area contributed by atoms with Crippen LogP contribution in [0.15, 0.2) is 16.9 Å². The van der Waals surface area contributed by atoms with E-state index < -0.39 is 24.1 Å². The highest BCUT2D eigenvalue weighted by molar-refractivity contribution is 5.93.